The molecule has 7 heteroatoms. The van der Waals surface area contributed by atoms with Crippen molar-refractivity contribution >= 4 is 0 Å². The van der Waals surface area contributed by atoms with Crippen molar-refractivity contribution in [1.82, 2.24) is 24.6 Å². The molecule has 0 spiro atoms. The van der Waals surface area contributed by atoms with Gasteiger partial charge in [0.25, 0.3) is 0 Å². The average molecular weight is 341 g/mol. The summed E-state index contributed by atoms with van der Waals surface area (Å²) >= 11 is 0. The van der Waals surface area contributed by atoms with Crippen LogP contribution in [0.5, 0.6) is 0 Å². The summed E-state index contributed by atoms with van der Waals surface area (Å²) in [7, 11) is 4.29. The molecule has 1 fully saturated rings. The van der Waals surface area contributed by atoms with E-state index in [0.717, 1.165) is 55.6 Å². The number of rotatable bonds is 5. The molecule has 4 rings (SSSR count). The van der Waals surface area contributed by atoms with Gasteiger partial charge in [-0.15, -0.1) is 0 Å². The van der Waals surface area contributed by atoms with Gasteiger partial charge in [-0.3, -0.25) is 5.10 Å². The Morgan fingerprint density at radius 1 is 1.16 bits per heavy atom. The molecule has 0 saturated carbocycles. The van der Waals surface area contributed by atoms with Gasteiger partial charge in [0.15, 0.2) is 17.3 Å². The second-order valence-corrected chi connectivity index (χ2v) is 6.74. The van der Waals surface area contributed by atoms with Crippen molar-refractivity contribution in [3.8, 4) is 23.0 Å². The lowest BCUT2D eigenvalue weighted by Crippen LogP contribution is -2.51. The maximum absolute atomic E-state index is 6.00. The molecule has 1 aliphatic heterocycles. The zero-order chi connectivity index (χ0) is 17.3. The van der Waals surface area contributed by atoms with E-state index in [2.05, 4.69) is 38.7 Å². The summed E-state index contributed by atoms with van der Waals surface area (Å²) in [5, 5.41) is 6.89. The molecule has 0 atom stereocenters. The van der Waals surface area contributed by atoms with Gasteiger partial charge in [-0.05, 0) is 45.1 Å². The number of aromatic amines is 1. The molecule has 25 heavy (non-hydrogen) atoms. The van der Waals surface area contributed by atoms with Crippen molar-refractivity contribution in [3.05, 3.63) is 36.8 Å². The SMILES string of the molecule is CN(C)C1(Cn2ccnc2-c2ccc(-c3ccn[nH]3)o2)CCOCC1. The maximum Gasteiger partial charge on any atom is 0.176 e. The number of imidazole rings is 1. The van der Waals surface area contributed by atoms with Gasteiger partial charge in [0.05, 0.1) is 0 Å². The van der Waals surface area contributed by atoms with Crippen LogP contribution in [0.15, 0.2) is 41.2 Å². The fourth-order valence-corrected chi connectivity index (χ4v) is 3.47. The molecule has 1 saturated heterocycles. The van der Waals surface area contributed by atoms with Crippen molar-refractivity contribution in [1.29, 1.82) is 0 Å². The van der Waals surface area contributed by atoms with Crippen LogP contribution >= 0.6 is 0 Å². The molecule has 0 aliphatic carbocycles. The highest BCUT2D eigenvalue weighted by molar-refractivity contribution is 5.58. The van der Waals surface area contributed by atoms with Crippen molar-refractivity contribution in [2.24, 2.45) is 0 Å². The van der Waals surface area contributed by atoms with Crippen LogP contribution in [0, 0.1) is 0 Å². The molecule has 3 aromatic rings. The predicted molar refractivity (Wildman–Crippen MR) is 94.0 cm³/mol. The van der Waals surface area contributed by atoms with Crippen molar-refractivity contribution < 1.29 is 9.15 Å². The first-order valence-electron chi connectivity index (χ1n) is 8.54. The van der Waals surface area contributed by atoms with Gasteiger partial charge < -0.3 is 18.6 Å². The van der Waals surface area contributed by atoms with Gasteiger partial charge in [0, 0.05) is 43.9 Å². The van der Waals surface area contributed by atoms with Crippen LogP contribution < -0.4 is 0 Å². The Kier molecular flexibility index (Phi) is 4.19. The second-order valence-electron chi connectivity index (χ2n) is 6.74. The third-order valence-corrected chi connectivity index (χ3v) is 5.14. The topological polar surface area (TPSA) is 72.1 Å². The van der Waals surface area contributed by atoms with Gasteiger partial charge in [-0.1, -0.05) is 0 Å². The van der Waals surface area contributed by atoms with Crippen LogP contribution in [-0.4, -0.2) is 57.5 Å². The molecule has 0 aromatic carbocycles. The number of H-pyrrole nitrogens is 1. The zero-order valence-electron chi connectivity index (χ0n) is 14.6. The molecule has 7 nitrogen and oxygen atoms in total. The lowest BCUT2D eigenvalue weighted by Gasteiger charge is -2.43. The normalized spacial score (nSPS) is 17.2. The highest BCUT2D eigenvalue weighted by Crippen LogP contribution is 2.31. The number of hydrogen-bond acceptors (Lipinski definition) is 5. The molecule has 0 amide bonds. The van der Waals surface area contributed by atoms with E-state index in [1.165, 1.54) is 0 Å². The third-order valence-electron chi connectivity index (χ3n) is 5.14. The number of likely N-dealkylation sites (N-methyl/N-ethyl adjacent to an activating group) is 1. The molecule has 4 heterocycles. The van der Waals surface area contributed by atoms with Crippen LogP contribution in [0.1, 0.15) is 12.8 Å². The van der Waals surface area contributed by atoms with E-state index >= 15 is 0 Å². The lowest BCUT2D eigenvalue weighted by atomic mass is 9.88. The van der Waals surface area contributed by atoms with Crippen LogP contribution in [-0.2, 0) is 11.3 Å². The van der Waals surface area contributed by atoms with E-state index in [0.29, 0.717) is 0 Å². The molecule has 0 bridgehead atoms. The Labute approximate surface area is 146 Å². The van der Waals surface area contributed by atoms with Crippen molar-refractivity contribution in [2.45, 2.75) is 24.9 Å². The van der Waals surface area contributed by atoms with Gasteiger partial charge in [-0.2, -0.15) is 5.10 Å². The highest BCUT2D eigenvalue weighted by Gasteiger charge is 2.35. The first-order chi connectivity index (χ1) is 12.2. The van der Waals surface area contributed by atoms with E-state index in [1.807, 2.05) is 30.6 Å². The van der Waals surface area contributed by atoms with E-state index in [4.69, 9.17) is 9.15 Å². The first-order valence-corrected chi connectivity index (χ1v) is 8.54. The zero-order valence-corrected chi connectivity index (χ0v) is 14.6. The molecule has 1 N–H and O–H groups in total. The Bertz CT molecular complexity index is 812. The molecule has 0 radical (unpaired) electrons. The van der Waals surface area contributed by atoms with Crippen LogP contribution in [0.25, 0.3) is 23.0 Å². The van der Waals surface area contributed by atoms with E-state index < -0.39 is 0 Å². The summed E-state index contributed by atoms with van der Waals surface area (Å²) in [5.74, 6) is 2.37. The van der Waals surface area contributed by atoms with E-state index in [1.54, 1.807) is 6.20 Å². The standard InChI is InChI=1S/C18H23N5O2/c1-22(2)18(6-11-24-12-7-18)13-23-10-9-19-17(23)16-4-3-15(25-16)14-5-8-20-21-14/h3-5,8-10H,6-7,11-13H2,1-2H3,(H,20,21). The Balaban J connectivity index is 1.62. The Hall–Kier alpha value is -2.38. The Morgan fingerprint density at radius 3 is 2.68 bits per heavy atom. The molecule has 1 aliphatic rings. The Morgan fingerprint density at radius 2 is 1.96 bits per heavy atom. The van der Waals surface area contributed by atoms with Gasteiger partial charge >= 0.3 is 0 Å². The molecule has 132 valence electrons. The van der Waals surface area contributed by atoms with Crippen LogP contribution in [0.4, 0.5) is 0 Å². The van der Waals surface area contributed by atoms with Crippen LogP contribution in [0.2, 0.25) is 0 Å². The predicted octanol–water partition coefficient (Wildman–Crippen LogP) is 2.64. The summed E-state index contributed by atoms with van der Waals surface area (Å²) in [6.45, 7) is 2.46. The summed E-state index contributed by atoms with van der Waals surface area (Å²) in [5.41, 5.74) is 0.936. The minimum absolute atomic E-state index is 0.0759. The number of aromatic nitrogens is 4. The van der Waals surface area contributed by atoms with Gasteiger partial charge in [-0.25, -0.2) is 4.98 Å². The molecular formula is C18H23N5O2. The molecule has 3 aromatic heterocycles. The summed E-state index contributed by atoms with van der Waals surface area (Å²) in [6.07, 6.45) is 7.58. The van der Waals surface area contributed by atoms with Gasteiger partial charge in [0.2, 0.25) is 0 Å². The summed E-state index contributed by atoms with van der Waals surface area (Å²) in [6, 6.07) is 5.79. The largest absolute Gasteiger partial charge is 0.451 e. The summed E-state index contributed by atoms with van der Waals surface area (Å²) in [4.78, 5) is 6.85. The summed E-state index contributed by atoms with van der Waals surface area (Å²) < 4.78 is 13.8. The highest BCUT2D eigenvalue weighted by atomic mass is 16.5. The number of furan rings is 1. The minimum Gasteiger partial charge on any atom is -0.451 e. The number of ether oxygens (including phenoxy) is 1. The smallest absolute Gasteiger partial charge is 0.176 e. The fourth-order valence-electron chi connectivity index (χ4n) is 3.47. The molecular weight excluding hydrogens is 318 g/mol. The quantitative estimate of drug-likeness (QED) is 0.772. The maximum atomic E-state index is 6.00. The van der Waals surface area contributed by atoms with E-state index in [9.17, 15) is 0 Å². The van der Waals surface area contributed by atoms with Crippen molar-refractivity contribution in [3.63, 3.8) is 0 Å². The average Bonchev–Trinajstić information content (AvgIpc) is 3.36. The number of hydrogen-bond donors (Lipinski definition) is 1. The number of nitrogens with zero attached hydrogens (tertiary/aromatic N) is 4. The minimum atomic E-state index is 0.0759. The van der Waals surface area contributed by atoms with Gasteiger partial charge in [0.1, 0.15) is 5.69 Å². The first kappa shape index (κ1) is 16.1. The molecule has 0 unspecified atom stereocenters. The fraction of sp³-hybridized carbons (Fsp3) is 0.444. The van der Waals surface area contributed by atoms with Crippen molar-refractivity contribution in [2.75, 3.05) is 27.3 Å². The third kappa shape index (κ3) is 3.01. The lowest BCUT2D eigenvalue weighted by molar-refractivity contribution is -0.0164. The monoisotopic (exact) mass is 341 g/mol. The second kappa shape index (κ2) is 6.50. The van der Waals surface area contributed by atoms with Crippen LogP contribution in [0.3, 0.4) is 0 Å². The number of nitrogens with one attached hydrogen (secondary N) is 1. The van der Waals surface area contributed by atoms with E-state index in [-0.39, 0.29) is 5.54 Å².